The fourth-order valence-corrected chi connectivity index (χ4v) is 2.73. The monoisotopic (exact) mass is 429 g/mol. The molecule has 0 saturated heterocycles. The molecule has 3 rings (SSSR count). The molecule has 2 N–H and O–H groups in total. The van der Waals surface area contributed by atoms with Crippen LogP contribution in [0.3, 0.4) is 0 Å². The van der Waals surface area contributed by atoms with Crippen molar-refractivity contribution in [2.75, 3.05) is 10.6 Å². The molecular formula is C17H12ClF4N5S. The Balaban J connectivity index is 1.62. The lowest BCUT2D eigenvalue weighted by atomic mass is 10.2. The van der Waals surface area contributed by atoms with Gasteiger partial charge in [-0.1, -0.05) is 23.7 Å². The van der Waals surface area contributed by atoms with Crippen molar-refractivity contribution in [3.63, 3.8) is 0 Å². The average Bonchev–Trinajstić information content (AvgIpc) is 3.03. The van der Waals surface area contributed by atoms with Gasteiger partial charge < -0.3 is 5.32 Å². The molecule has 0 spiro atoms. The van der Waals surface area contributed by atoms with Crippen LogP contribution in [0.4, 0.5) is 29.2 Å². The fourth-order valence-electron chi connectivity index (χ4n) is 2.29. The number of alkyl halides is 3. The van der Waals surface area contributed by atoms with E-state index in [0.717, 1.165) is 12.1 Å². The largest absolute Gasteiger partial charge is 0.416 e. The highest BCUT2D eigenvalue weighted by molar-refractivity contribution is 7.80. The van der Waals surface area contributed by atoms with Crippen LogP contribution < -0.4 is 10.6 Å². The first-order valence-electron chi connectivity index (χ1n) is 7.79. The quantitative estimate of drug-likeness (QED) is 0.454. The number of hydrogen-bond donors (Lipinski definition) is 2. The molecule has 0 aliphatic carbocycles. The van der Waals surface area contributed by atoms with Crippen molar-refractivity contribution < 1.29 is 17.6 Å². The van der Waals surface area contributed by atoms with Gasteiger partial charge in [0.15, 0.2) is 5.11 Å². The maximum atomic E-state index is 13.1. The van der Waals surface area contributed by atoms with Crippen LogP contribution in [0.5, 0.6) is 0 Å². The number of nitrogens with one attached hydrogen (secondary N) is 2. The summed E-state index contributed by atoms with van der Waals surface area (Å²) in [5, 5.41) is 9.75. The minimum atomic E-state index is -4.45. The van der Waals surface area contributed by atoms with Crippen LogP contribution >= 0.6 is 23.8 Å². The van der Waals surface area contributed by atoms with Crippen LogP contribution in [0, 0.1) is 5.82 Å². The van der Waals surface area contributed by atoms with Gasteiger partial charge in [-0.3, -0.25) is 5.32 Å². The van der Waals surface area contributed by atoms with Gasteiger partial charge in [-0.25, -0.2) is 14.1 Å². The molecule has 0 aliphatic rings. The molecule has 0 fully saturated rings. The lowest BCUT2D eigenvalue weighted by Crippen LogP contribution is -2.20. The highest BCUT2D eigenvalue weighted by Crippen LogP contribution is 2.30. The van der Waals surface area contributed by atoms with E-state index in [1.54, 1.807) is 0 Å². The summed E-state index contributed by atoms with van der Waals surface area (Å²) in [5.41, 5.74) is 0.0212. The van der Waals surface area contributed by atoms with E-state index in [-0.39, 0.29) is 28.3 Å². The zero-order valence-corrected chi connectivity index (χ0v) is 15.5. The minimum absolute atomic E-state index is 0.0249. The molecule has 28 heavy (non-hydrogen) atoms. The normalized spacial score (nSPS) is 11.3. The molecule has 2 aromatic carbocycles. The topological polar surface area (TPSA) is 54.8 Å². The van der Waals surface area contributed by atoms with Crippen molar-refractivity contribution in [2.45, 2.75) is 12.7 Å². The zero-order valence-electron chi connectivity index (χ0n) is 14.0. The van der Waals surface area contributed by atoms with Gasteiger partial charge in [-0.2, -0.15) is 13.2 Å². The van der Waals surface area contributed by atoms with Gasteiger partial charge in [0, 0.05) is 10.7 Å². The summed E-state index contributed by atoms with van der Waals surface area (Å²) in [6, 6.07) is 8.64. The molecular weight excluding hydrogens is 418 g/mol. The van der Waals surface area contributed by atoms with Crippen LogP contribution in [0.2, 0.25) is 5.02 Å². The van der Waals surface area contributed by atoms with Gasteiger partial charge in [0.2, 0.25) is 5.95 Å². The minimum Gasteiger partial charge on any atom is -0.332 e. The number of halogens is 5. The summed E-state index contributed by atoms with van der Waals surface area (Å²) in [5.74, 6) is -0.302. The predicted molar refractivity (Wildman–Crippen MR) is 102 cm³/mol. The first-order chi connectivity index (χ1) is 13.2. The molecule has 0 radical (unpaired) electrons. The number of rotatable bonds is 4. The van der Waals surface area contributed by atoms with Crippen molar-refractivity contribution in [1.82, 2.24) is 14.8 Å². The summed E-state index contributed by atoms with van der Waals surface area (Å²) < 4.78 is 52.8. The van der Waals surface area contributed by atoms with E-state index in [1.165, 1.54) is 41.3 Å². The molecule has 11 heteroatoms. The SMILES string of the molecule is Fc1ccc(Cn2cnc(NC(=S)Nc3cccc(C(F)(F)F)c3)n2)c(Cl)c1. The second-order valence-electron chi connectivity index (χ2n) is 5.66. The van der Waals surface area contributed by atoms with Crippen LogP contribution in [0.1, 0.15) is 11.1 Å². The number of hydrogen-bond acceptors (Lipinski definition) is 3. The Morgan fingerprint density at radius 2 is 1.93 bits per heavy atom. The van der Waals surface area contributed by atoms with Crippen molar-refractivity contribution in [2.24, 2.45) is 0 Å². The number of anilines is 2. The first-order valence-corrected chi connectivity index (χ1v) is 8.58. The molecule has 0 saturated carbocycles. The molecule has 0 amide bonds. The number of benzene rings is 2. The van der Waals surface area contributed by atoms with E-state index < -0.39 is 17.6 Å². The van der Waals surface area contributed by atoms with E-state index >= 15 is 0 Å². The third-order valence-corrected chi connectivity index (χ3v) is 4.11. The molecule has 0 aliphatic heterocycles. The lowest BCUT2D eigenvalue weighted by molar-refractivity contribution is -0.137. The standard InChI is InChI=1S/C17H12ClF4N5S/c18-14-7-12(19)5-4-10(14)8-27-9-23-15(26-27)25-16(28)24-13-3-1-2-11(6-13)17(20,21)22/h1-7,9H,8H2,(H2,24,25,26,28). The third kappa shape index (κ3) is 5.17. The second-order valence-corrected chi connectivity index (χ2v) is 6.47. The van der Waals surface area contributed by atoms with Gasteiger partial charge in [0.1, 0.15) is 12.1 Å². The third-order valence-electron chi connectivity index (χ3n) is 3.56. The van der Waals surface area contributed by atoms with Crippen LogP contribution in [-0.2, 0) is 12.7 Å². The summed E-state index contributed by atoms with van der Waals surface area (Å²) in [6.07, 6.45) is -3.04. The van der Waals surface area contributed by atoms with Gasteiger partial charge in [-0.15, -0.1) is 5.10 Å². The van der Waals surface area contributed by atoms with Crippen molar-refractivity contribution in [3.8, 4) is 0 Å². The Bertz CT molecular complexity index is 1010. The highest BCUT2D eigenvalue weighted by Gasteiger charge is 2.30. The second kappa shape index (κ2) is 8.11. The Morgan fingerprint density at radius 3 is 2.64 bits per heavy atom. The maximum Gasteiger partial charge on any atom is 0.416 e. The molecule has 0 atom stereocenters. The average molecular weight is 430 g/mol. The van der Waals surface area contributed by atoms with Gasteiger partial charge in [-0.05, 0) is 48.1 Å². The number of aromatic nitrogens is 3. The number of thiocarbonyl (C=S) groups is 1. The summed E-state index contributed by atoms with van der Waals surface area (Å²) in [4.78, 5) is 4.01. The van der Waals surface area contributed by atoms with E-state index in [0.29, 0.717) is 5.56 Å². The van der Waals surface area contributed by atoms with Crippen LogP contribution in [0.15, 0.2) is 48.8 Å². The Morgan fingerprint density at radius 1 is 1.14 bits per heavy atom. The molecule has 146 valence electrons. The summed E-state index contributed by atoms with van der Waals surface area (Å²) in [7, 11) is 0. The summed E-state index contributed by atoms with van der Waals surface area (Å²) in [6.45, 7) is 0.252. The van der Waals surface area contributed by atoms with E-state index in [9.17, 15) is 17.6 Å². The maximum absolute atomic E-state index is 13.1. The van der Waals surface area contributed by atoms with Crippen molar-refractivity contribution in [1.29, 1.82) is 0 Å². The van der Waals surface area contributed by atoms with E-state index in [4.69, 9.17) is 23.8 Å². The molecule has 1 heterocycles. The molecule has 1 aromatic heterocycles. The fraction of sp³-hybridized carbons (Fsp3) is 0.118. The smallest absolute Gasteiger partial charge is 0.332 e. The zero-order chi connectivity index (χ0) is 20.3. The van der Waals surface area contributed by atoms with E-state index in [2.05, 4.69) is 20.7 Å². The molecule has 3 aromatic rings. The molecule has 0 unspecified atom stereocenters. The van der Waals surface area contributed by atoms with Crippen molar-refractivity contribution >= 4 is 40.6 Å². The highest BCUT2D eigenvalue weighted by atomic mass is 35.5. The Kier molecular flexibility index (Phi) is 5.80. The van der Waals surface area contributed by atoms with Gasteiger partial charge in [0.25, 0.3) is 0 Å². The molecule has 5 nitrogen and oxygen atoms in total. The molecule has 0 bridgehead atoms. The Hall–Kier alpha value is -2.72. The predicted octanol–water partition coefficient (Wildman–Crippen LogP) is 4.95. The Labute approximate surface area is 167 Å². The van der Waals surface area contributed by atoms with Gasteiger partial charge in [0.05, 0.1) is 12.1 Å². The van der Waals surface area contributed by atoms with Crippen LogP contribution in [-0.4, -0.2) is 19.9 Å². The van der Waals surface area contributed by atoms with Gasteiger partial charge >= 0.3 is 6.18 Å². The summed E-state index contributed by atoms with van der Waals surface area (Å²) >= 11 is 11.1. The van der Waals surface area contributed by atoms with Crippen molar-refractivity contribution in [3.05, 3.63) is 70.8 Å². The first kappa shape index (κ1) is 20.0. The van der Waals surface area contributed by atoms with Crippen LogP contribution in [0.25, 0.3) is 0 Å². The van der Waals surface area contributed by atoms with E-state index in [1.807, 2.05) is 0 Å². The lowest BCUT2D eigenvalue weighted by Gasteiger charge is -2.11. The number of nitrogens with zero attached hydrogens (tertiary/aromatic N) is 3.